The molecule has 0 saturated heterocycles. The summed E-state index contributed by atoms with van der Waals surface area (Å²) in [4.78, 5) is 10.9. The molecular weight excluding hydrogens is 288 g/mol. The summed E-state index contributed by atoms with van der Waals surface area (Å²) >= 11 is 0. The van der Waals surface area contributed by atoms with Gasteiger partial charge in [-0.05, 0) is 49.1 Å². The molecule has 3 nitrogen and oxygen atoms in total. The van der Waals surface area contributed by atoms with E-state index in [9.17, 15) is 4.79 Å². The van der Waals surface area contributed by atoms with E-state index in [1.165, 1.54) is 0 Å². The molecule has 0 bridgehead atoms. The zero-order chi connectivity index (χ0) is 16.5. The van der Waals surface area contributed by atoms with Gasteiger partial charge in [0.25, 0.3) is 0 Å². The van der Waals surface area contributed by atoms with Crippen molar-refractivity contribution in [3.63, 3.8) is 0 Å². The van der Waals surface area contributed by atoms with E-state index in [1.54, 1.807) is 20.1 Å². The quantitative estimate of drug-likeness (QED) is 0.680. The van der Waals surface area contributed by atoms with E-state index >= 15 is 0 Å². The molecule has 0 heterocycles. The van der Waals surface area contributed by atoms with Gasteiger partial charge in [-0.3, -0.25) is 4.79 Å². The van der Waals surface area contributed by atoms with Gasteiger partial charge >= 0.3 is 0 Å². The molecule has 0 aliphatic carbocycles. The van der Waals surface area contributed by atoms with Gasteiger partial charge in [0.15, 0.2) is 17.3 Å². The minimum absolute atomic E-state index is 0.0761. The molecule has 0 spiro atoms. The Morgan fingerprint density at radius 2 is 1.83 bits per heavy atom. The van der Waals surface area contributed by atoms with E-state index < -0.39 is 0 Å². The van der Waals surface area contributed by atoms with E-state index in [1.807, 2.05) is 54.6 Å². The fraction of sp³-hybridized carbons (Fsp3) is 0.250. The molecule has 2 aromatic carbocycles. The van der Waals surface area contributed by atoms with Crippen LogP contribution < -0.4 is 9.47 Å². The lowest BCUT2D eigenvalue weighted by atomic mass is 10.1. The van der Waals surface area contributed by atoms with E-state index in [0.717, 1.165) is 35.5 Å². The van der Waals surface area contributed by atoms with Gasteiger partial charge in [0.05, 0.1) is 7.11 Å². The summed E-state index contributed by atoms with van der Waals surface area (Å²) in [5.74, 6) is 1.54. The van der Waals surface area contributed by atoms with Gasteiger partial charge in [0.1, 0.15) is 6.61 Å². The third kappa shape index (κ3) is 5.62. The maximum absolute atomic E-state index is 10.9. The molecule has 0 aliphatic rings. The van der Waals surface area contributed by atoms with Crippen molar-refractivity contribution in [2.75, 3.05) is 7.11 Å². The predicted molar refractivity (Wildman–Crippen MR) is 91.9 cm³/mol. The number of methoxy groups -OCH3 is 1. The molecule has 0 fully saturated rings. The monoisotopic (exact) mass is 310 g/mol. The standard InChI is InChI=1S/C20H22O3/c1-16(21)8-6-7-9-17-12-13-19(20(14-17)22-2)23-15-18-10-4-3-5-11-18/h3-6,8,10-14H,7,9,15H2,1-2H3/b8-6+. The number of ketones is 1. The summed E-state index contributed by atoms with van der Waals surface area (Å²) in [5, 5.41) is 0. The van der Waals surface area contributed by atoms with Crippen LogP contribution in [0.2, 0.25) is 0 Å². The molecule has 2 rings (SSSR count). The second-order valence-corrected chi connectivity index (χ2v) is 5.31. The Balaban J connectivity index is 1.97. The van der Waals surface area contributed by atoms with Crippen molar-refractivity contribution in [2.24, 2.45) is 0 Å². The van der Waals surface area contributed by atoms with Gasteiger partial charge < -0.3 is 9.47 Å². The number of carbonyl (C=O) groups excluding carboxylic acids is 1. The summed E-state index contributed by atoms with van der Waals surface area (Å²) in [6.45, 7) is 2.07. The van der Waals surface area contributed by atoms with Crippen LogP contribution in [0.15, 0.2) is 60.7 Å². The zero-order valence-electron chi connectivity index (χ0n) is 13.6. The maximum Gasteiger partial charge on any atom is 0.161 e. The average molecular weight is 310 g/mol. The highest BCUT2D eigenvalue weighted by atomic mass is 16.5. The highest BCUT2D eigenvalue weighted by Crippen LogP contribution is 2.29. The molecule has 0 N–H and O–H groups in total. The van der Waals surface area contributed by atoms with Crippen LogP contribution in [0.1, 0.15) is 24.5 Å². The average Bonchev–Trinajstić information content (AvgIpc) is 2.58. The first kappa shape index (κ1) is 16.8. The van der Waals surface area contributed by atoms with E-state index in [4.69, 9.17) is 9.47 Å². The molecule has 0 aliphatic heterocycles. The van der Waals surface area contributed by atoms with Crippen molar-refractivity contribution >= 4 is 5.78 Å². The lowest BCUT2D eigenvalue weighted by Crippen LogP contribution is -1.98. The Morgan fingerprint density at radius 3 is 2.52 bits per heavy atom. The first-order chi connectivity index (χ1) is 11.2. The van der Waals surface area contributed by atoms with Gasteiger partial charge in [0.2, 0.25) is 0 Å². The summed E-state index contributed by atoms with van der Waals surface area (Å²) in [7, 11) is 1.64. The Morgan fingerprint density at radius 1 is 1.04 bits per heavy atom. The molecule has 0 radical (unpaired) electrons. The van der Waals surface area contributed by atoms with E-state index in [-0.39, 0.29) is 5.78 Å². The van der Waals surface area contributed by atoms with Crippen molar-refractivity contribution in [1.82, 2.24) is 0 Å². The Labute approximate surface area is 137 Å². The van der Waals surface area contributed by atoms with E-state index in [0.29, 0.717) is 6.61 Å². The summed E-state index contributed by atoms with van der Waals surface area (Å²) < 4.78 is 11.3. The van der Waals surface area contributed by atoms with E-state index in [2.05, 4.69) is 0 Å². The minimum Gasteiger partial charge on any atom is -0.493 e. The number of rotatable bonds is 8. The van der Waals surface area contributed by atoms with Crippen LogP contribution in [0.3, 0.4) is 0 Å². The fourth-order valence-electron chi connectivity index (χ4n) is 2.22. The fourth-order valence-corrected chi connectivity index (χ4v) is 2.22. The van der Waals surface area contributed by atoms with Gasteiger partial charge in [-0.25, -0.2) is 0 Å². The molecule has 0 amide bonds. The minimum atomic E-state index is 0.0761. The summed E-state index contributed by atoms with van der Waals surface area (Å²) in [5.41, 5.74) is 2.27. The summed E-state index contributed by atoms with van der Waals surface area (Å²) in [6.07, 6.45) is 5.19. The smallest absolute Gasteiger partial charge is 0.161 e. The number of ether oxygens (including phenoxy) is 2. The maximum atomic E-state index is 10.9. The first-order valence-corrected chi connectivity index (χ1v) is 7.70. The third-order valence-corrected chi connectivity index (χ3v) is 3.42. The molecule has 0 unspecified atom stereocenters. The van der Waals surface area contributed by atoms with Crippen LogP contribution in [0, 0.1) is 0 Å². The normalized spacial score (nSPS) is 10.7. The predicted octanol–water partition coefficient (Wildman–Crippen LogP) is 4.35. The van der Waals surface area contributed by atoms with Gasteiger partial charge in [-0.1, -0.05) is 42.5 Å². The number of hydrogen-bond acceptors (Lipinski definition) is 3. The van der Waals surface area contributed by atoms with Crippen LogP contribution >= 0.6 is 0 Å². The lowest BCUT2D eigenvalue weighted by Gasteiger charge is -2.12. The highest BCUT2D eigenvalue weighted by molar-refractivity contribution is 5.87. The number of allylic oxidation sites excluding steroid dienone is 2. The van der Waals surface area contributed by atoms with Crippen LogP contribution in [-0.2, 0) is 17.8 Å². The van der Waals surface area contributed by atoms with Crippen LogP contribution in [0.25, 0.3) is 0 Å². The van der Waals surface area contributed by atoms with Crippen molar-refractivity contribution in [1.29, 1.82) is 0 Å². The summed E-state index contributed by atoms with van der Waals surface area (Å²) in [6, 6.07) is 16.0. The number of hydrogen-bond donors (Lipinski definition) is 0. The number of benzene rings is 2. The highest BCUT2D eigenvalue weighted by Gasteiger charge is 2.06. The zero-order valence-corrected chi connectivity index (χ0v) is 13.6. The van der Waals surface area contributed by atoms with Gasteiger partial charge in [0, 0.05) is 0 Å². The number of aryl methyl sites for hydroxylation is 1. The van der Waals surface area contributed by atoms with Crippen LogP contribution in [0.5, 0.6) is 11.5 Å². The molecule has 120 valence electrons. The third-order valence-electron chi connectivity index (χ3n) is 3.42. The van der Waals surface area contributed by atoms with Crippen LogP contribution in [0.4, 0.5) is 0 Å². The molecule has 0 saturated carbocycles. The Bertz CT molecular complexity index is 660. The molecule has 23 heavy (non-hydrogen) atoms. The Hall–Kier alpha value is -2.55. The molecule has 0 atom stereocenters. The largest absolute Gasteiger partial charge is 0.493 e. The van der Waals surface area contributed by atoms with Gasteiger partial charge in [-0.2, -0.15) is 0 Å². The Kier molecular flexibility index (Phi) is 6.42. The second kappa shape index (κ2) is 8.79. The molecule has 0 aromatic heterocycles. The van der Waals surface area contributed by atoms with Crippen molar-refractivity contribution in [3.05, 3.63) is 71.8 Å². The van der Waals surface area contributed by atoms with Crippen molar-refractivity contribution in [2.45, 2.75) is 26.4 Å². The second-order valence-electron chi connectivity index (χ2n) is 5.31. The van der Waals surface area contributed by atoms with Crippen molar-refractivity contribution < 1.29 is 14.3 Å². The number of carbonyl (C=O) groups is 1. The van der Waals surface area contributed by atoms with Gasteiger partial charge in [-0.15, -0.1) is 0 Å². The molecule has 2 aromatic rings. The molecule has 3 heteroatoms. The molecular formula is C20H22O3. The topological polar surface area (TPSA) is 35.5 Å². The van der Waals surface area contributed by atoms with Crippen molar-refractivity contribution in [3.8, 4) is 11.5 Å². The first-order valence-electron chi connectivity index (χ1n) is 7.70. The lowest BCUT2D eigenvalue weighted by molar-refractivity contribution is -0.112. The van der Waals surface area contributed by atoms with Crippen LogP contribution in [-0.4, -0.2) is 12.9 Å². The SMILES string of the molecule is COc1cc(CC/C=C/C(C)=O)ccc1OCc1ccccc1.